The maximum atomic E-state index is 9.92. The van der Waals surface area contributed by atoms with Crippen molar-refractivity contribution in [1.82, 2.24) is 0 Å². The second-order valence-corrected chi connectivity index (χ2v) is 6.14. The first-order valence-corrected chi connectivity index (χ1v) is 6.59. The lowest BCUT2D eigenvalue weighted by Gasteiger charge is -2.37. The van der Waals surface area contributed by atoms with Gasteiger partial charge < -0.3 is 14.6 Å². The van der Waals surface area contributed by atoms with Crippen molar-refractivity contribution in [2.24, 2.45) is 5.41 Å². The summed E-state index contributed by atoms with van der Waals surface area (Å²) in [4.78, 5) is 0. The molecule has 1 aliphatic heterocycles. The molecule has 1 saturated heterocycles. The second kappa shape index (κ2) is 4.25. The van der Waals surface area contributed by atoms with Gasteiger partial charge in [-0.3, -0.25) is 0 Å². The lowest BCUT2D eigenvalue weighted by molar-refractivity contribution is -0.120. The van der Waals surface area contributed by atoms with Crippen molar-refractivity contribution in [3.63, 3.8) is 0 Å². The van der Waals surface area contributed by atoms with E-state index in [0.717, 1.165) is 43.8 Å². The van der Waals surface area contributed by atoms with E-state index < -0.39 is 5.60 Å². The van der Waals surface area contributed by atoms with Crippen LogP contribution in [0.2, 0.25) is 0 Å². The van der Waals surface area contributed by atoms with Crippen LogP contribution in [0.5, 0.6) is 5.75 Å². The number of hydrogen-bond donors (Lipinski definition) is 1. The van der Waals surface area contributed by atoms with E-state index in [1.165, 1.54) is 0 Å². The molecular formula is C15H20O3. The Kier molecular flexibility index (Phi) is 2.83. The van der Waals surface area contributed by atoms with Crippen LogP contribution in [0, 0.1) is 5.41 Å². The Morgan fingerprint density at radius 3 is 2.72 bits per heavy atom. The molecule has 0 atom stereocenters. The predicted octanol–water partition coefficient (Wildman–Crippen LogP) is 2.17. The number of ether oxygens (including phenoxy) is 2. The Morgan fingerprint density at radius 2 is 2.11 bits per heavy atom. The summed E-state index contributed by atoms with van der Waals surface area (Å²) in [6, 6.07) is 8.07. The zero-order chi connectivity index (χ0) is 12.6. The molecule has 2 fully saturated rings. The SMILES string of the molecule is CC1(COc2cccc(CC3(O)CC3)c2)COC1. The third kappa shape index (κ3) is 2.68. The van der Waals surface area contributed by atoms with E-state index >= 15 is 0 Å². The zero-order valence-corrected chi connectivity index (χ0v) is 10.8. The first-order chi connectivity index (χ1) is 8.57. The molecule has 98 valence electrons. The van der Waals surface area contributed by atoms with E-state index in [-0.39, 0.29) is 5.41 Å². The third-order valence-electron chi connectivity index (χ3n) is 3.75. The molecular weight excluding hydrogens is 228 g/mol. The van der Waals surface area contributed by atoms with E-state index in [1.807, 2.05) is 18.2 Å². The highest BCUT2D eigenvalue weighted by atomic mass is 16.5. The highest BCUT2D eigenvalue weighted by Gasteiger charge is 2.40. The molecule has 3 nitrogen and oxygen atoms in total. The normalized spacial score (nSPS) is 23.2. The summed E-state index contributed by atoms with van der Waals surface area (Å²) in [5.41, 5.74) is 0.888. The van der Waals surface area contributed by atoms with Crippen LogP contribution in [0.1, 0.15) is 25.3 Å². The van der Waals surface area contributed by atoms with Crippen LogP contribution in [0.3, 0.4) is 0 Å². The minimum atomic E-state index is -0.438. The minimum Gasteiger partial charge on any atom is -0.493 e. The molecule has 1 heterocycles. The zero-order valence-electron chi connectivity index (χ0n) is 10.8. The van der Waals surface area contributed by atoms with Crippen LogP contribution >= 0.6 is 0 Å². The lowest BCUT2D eigenvalue weighted by atomic mass is 9.90. The summed E-state index contributed by atoms with van der Waals surface area (Å²) >= 11 is 0. The summed E-state index contributed by atoms with van der Waals surface area (Å²) in [6.07, 6.45) is 2.59. The Hall–Kier alpha value is -1.06. The van der Waals surface area contributed by atoms with Crippen molar-refractivity contribution in [1.29, 1.82) is 0 Å². The number of rotatable bonds is 5. The van der Waals surface area contributed by atoms with Gasteiger partial charge in [-0.2, -0.15) is 0 Å². The molecule has 0 radical (unpaired) electrons. The van der Waals surface area contributed by atoms with Crippen LogP contribution in [-0.2, 0) is 11.2 Å². The number of hydrogen-bond acceptors (Lipinski definition) is 3. The van der Waals surface area contributed by atoms with Gasteiger partial charge in [0.25, 0.3) is 0 Å². The molecule has 2 aliphatic rings. The number of benzene rings is 1. The fraction of sp³-hybridized carbons (Fsp3) is 0.600. The van der Waals surface area contributed by atoms with Gasteiger partial charge in [-0.15, -0.1) is 0 Å². The fourth-order valence-electron chi connectivity index (χ4n) is 2.24. The standard InChI is InChI=1S/C15H20O3/c1-14(9-17-10-14)11-18-13-4-2-3-12(7-13)8-15(16)5-6-15/h2-4,7,16H,5-6,8-11H2,1H3. The number of aliphatic hydroxyl groups is 1. The Morgan fingerprint density at radius 1 is 1.33 bits per heavy atom. The summed E-state index contributed by atoms with van der Waals surface area (Å²) in [5.74, 6) is 0.893. The maximum absolute atomic E-state index is 9.92. The topological polar surface area (TPSA) is 38.7 Å². The highest BCUT2D eigenvalue weighted by Crippen LogP contribution is 2.38. The monoisotopic (exact) mass is 248 g/mol. The van der Waals surface area contributed by atoms with Crippen LogP contribution in [0.4, 0.5) is 0 Å². The molecule has 3 rings (SSSR count). The van der Waals surface area contributed by atoms with E-state index in [1.54, 1.807) is 0 Å². The Labute approximate surface area is 108 Å². The fourth-order valence-corrected chi connectivity index (χ4v) is 2.24. The van der Waals surface area contributed by atoms with Gasteiger partial charge in [0.05, 0.1) is 25.4 Å². The summed E-state index contributed by atoms with van der Waals surface area (Å²) < 4.78 is 11.0. The molecule has 0 amide bonds. The molecule has 0 bridgehead atoms. The molecule has 3 heteroatoms. The minimum absolute atomic E-state index is 0.171. The first kappa shape index (κ1) is 12.0. The highest BCUT2D eigenvalue weighted by molar-refractivity contribution is 5.30. The molecule has 1 saturated carbocycles. The average molecular weight is 248 g/mol. The quantitative estimate of drug-likeness (QED) is 0.868. The van der Waals surface area contributed by atoms with Gasteiger partial charge in [-0.05, 0) is 30.5 Å². The van der Waals surface area contributed by atoms with Crippen LogP contribution < -0.4 is 4.74 Å². The van der Waals surface area contributed by atoms with Crippen LogP contribution in [0.15, 0.2) is 24.3 Å². The largest absolute Gasteiger partial charge is 0.493 e. The molecule has 1 aromatic rings. The second-order valence-electron chi connectivity index (χ2n) is 6.14. The van der Waals surface area contributed by atoms with Gasteiger partial charge in [0.15, 0.2) is 0 Å². The van der Waals surface area contributed by atoms with E-state index in [0.29, 0.717) is 6.61 Å². The smallest absolute Gasteiger partial charge is 0.119 e. The lowest BCUT2D eigenvalue weighted by Crippen LogP contribution is -2.44. The maximum Gasteiger partial charge on any atom is 0.119 e. The van der Waals surface area contributed by atoms with Crippen molar-refractivity contribution in [2.45, 2.75) is 31.8 Å². The van der Waals surface area contributed by atoms with Crippen molar-refractivity contribution in [3.8, 4) is 5.75 Å². The molecule has 1 N–H and O–H groups in total. The van der Waals surface area contributed by atoms with Crippen molar-refractivity contribution >= 4 is 0 Å². The van der Waals surface area contributed by atoms with Gasteiger partial charge in [0, 0.05) is 11.8 Å². The molecule has 18 heavy (non-hydrogen) atoms. The van der Waals surface area contributed by atoms with Crippen molar-refractivity contribution in [2.75, 3.05) is 19.8 Å². The third-order valence-corrected chi connectivity index (χ3v) is 3.75. The van der Waals surface area contributed by atoms with Crippen LogP contribution in [-0.4, -0.2) is 30.5 Å². The van der Waals surface area contributed by atoms with E-state index in [4.69, 9.17) is 9.47 Å². The van der Waals surface area contributed by atoms with E-state index in [9.17, 15) is 5.11 Å². The Bertz CT molecular complexity index is 433. The predicted molar refractivity (Wildman–Crippen MR) is 68.8 cm³/mol. The molecule has 1 aromatic carbocycles. The molecule has 0 aromatic heterocycles. The average Bonchev–Trinajstić information content (AvgIpc) is 3.02. The first-order valence-electron chi connectivity index (χ1n) is 6.59. The molecule has 0 spiro atoms. The van der Waals surface area contributed by atoms with Gasteiger partial charge in [-0.1, -0.05) is 19.1 Å². The van der Waals surface area contributed by atoms with E-state index in [2.05, 4.69) is 13.0 Å². The van der Waals surface area contributed by atoms with Crippen molar-refractivity contribution < 1.29 is 14.6 Å². The summed E-state index contributed by atoms with van der Waals surface area (Å²) in [7, 11) is 0. The summed E-state index contributed by atoms with van der Waals surface area (Å²) in [6.45, 7) is 4.44. The van der Waals surface area contributed by atoms with Crippen molar-refractivity contribution in [3.05, 3.63) is 29.8 Å². The molecule has 1 aliphatic carbocycles. The Balaban J connectivity index is 1.59. The summed E-state index contributed by atoms with van der Waals surface area (Å²) in [5, 5.41) is 9.92. The van der Waals surface area contributed by atoms with Gasteiger partial charge in [0.1, 0.15) is 5.75 Å². The van der Waals surface area contributed by atoms with Gasteiger partial charge >= 0.3 is 0 Å². The van der Waals surface area contributed by atoms with Gasteiger partial charge in [0.2, 0.25) is 0 Å². The molecule has 0 unspecified atom stereocenters. The van der Waals surface area contributed by atoms with Gasteiger partial charge in [-0.25, -0.2) is 0 Å². The van der Waals surface area contributed by atoms with Crippen LogP contribution in [0.25, 0.3) is 0 Å².